The van der Waals surface area contributed by atoms with Crippen LogP contribution in [-0.2, 0) is 4.74 Å². The van der Waals surface area contributed by atoms with Gasteiger partial charge in [-0.05, 0) is 18.5 Å². The van der Waals surface area contributed by atoms with E-state index >= 15 is 0 Å². The SMILES string of the molecule is CCOCCNc1nc(Cl)nc2nc[nH]c12. The zero-order valence-electron chi connectivity index (χ0n) is 8.83. The van der Waals surface area contributed by atoms with Crippen molar-refractivity contribution in [3.63, 3.8) is 0 Å². The number of aromatic nitrogens is 4. The van der Waals surface area contributed by atoms with E-state index < -0.39 is 0 Å². The zero-order chi connectivity index (χ0) is 11.4. The molecule has 0 spiro atoms. The van der Waals surface area contributed by atoms with E-state index in [0.717, 1.165) is 5.52 Å². The number of hydrogen-bond donors (Lipinski definition) is 2. The van der Waals surface area contributed by atoms with Crippen LogP contribution in [0.5, 0.6) is 0 Å². The van der Waals surface area contributed by atoms with Gasteiger partial charge in [-0.25, -0.2) is 4.98 Å². The van der Waals surface area contributed by atoms with Crippen molar-refractivity contribution in [3.8, 4) is 0 Å². The summed E-state index contributed by atoms with van der Waals surface area (Å²) in [4.78, 5) is 15.0. The van der Waals surface area contributed by atoms with Crippen LogP contribution in [0.25, 0.3) is 11.2 Å². The molecule has 0 aliphatic carbocycles. The maximum Gasteiger partial charge on any atom is 0.226 e. The molecule has 0 saturated heterocycles. The van der Waals surface area contributed by atoms with Crippen LogP contribution in [0.3, 0.4) is 0 Å². The Morgan fingerprint density at radius 3 is 3.19 bits per heavy atom. The average Bonchev–Trinajstić information content (AvgIpc) is 2.72. The molecule has 0 fully saturated rings. The summed E-state index contributed by atoms with van der Waals surface area (Å²) >= 11 is 5.77. The number of fused-ring (bicyclic) bond motifs is 1. The van der Waals surface area contributed by atoms with Gasteiger partial charge in [0.2, 0.25) is 5.28 Å². The van der Waals surface area contributed by atoms with Crippen molar-refractivity contribution < 1.29 is 4.74 Å². The Morgan fingerprint density at radius 2 is 2.38 bits per heavy atom. The van der Waals surface area contributed by atoms with Crippen molar-refractivity contribution in [1.82, 2.24) is 19.9 Å². The second-order valence-corrected chi connectivity index (χ2v) is 3.40. The summed E-state index contributed by atoms with van der Waals surface area (Å²) in [5.74, 6) is 0.646. The minimum absolute atomic E-state index is 0.179. The van der Waals surface area contributed by atoms with Gasteiger partial charge in [0.1, 0.15) is 5.52 Å². The van der Waals surface area contributed by atoms with Gasteiger partial charge >= 0.3 is 0 Å². The highest BCUT2D eigenvalue weighted by atomic mass is 35.5. The predicted octanol–water partition coefficient (Wildman–Crippen LogP) is 1.45. The van der Waals surface area contributed by atoms with Gasteiger partial charge in [-0.2, -0.15) is 9.97 Å². The van der Waals surface area contributed by atoms with Crippen molar-refractivity contribution >= 4 is 28.6 Å². The van der Waals surface area contributed by atoms with E-state index in [0.29, 0.717) is 31.2 Å². The van der Waals surface area contributed by atoms with Gasteiger partial charge in [0.15, 0.2) is 11.5 Å². The van der Waals surface area contributed by atoms with Crippen LogP contribution in [-0.4, -0.2) is 39.7 Å². The molecule has 0 bridgehead atoms. The minimum Gasteiger partial charge on any atom is -0.380 e. The lowest BCUT2D eigenvalue weighted by Gasteiger charge is -2.06. The molecular formula is C9H12ClN5O. The summed E-state index contributed by atoms with van der Waals surface area (Å²) in [6, 6.07) is 0. The Balaban J connectivity index is 2.12. The van der Waals surface area contributed by atoms with Crippen molar-refractivity contribution in [3.05, 3.63) is 11.6 Å². The quantitative estimate of drug-likeness (QED) is 0.612. The first kappa shape index (κ1) is 11.1. The van der Waals surface area contributed by atoms with Gasteiger partial charge in [-0.15, -0.1) is 0 Å². The maximum atomic E-state index is 5.77. The van der Waals surface area contributed by atoms with Crippen LogP contribution >= 0.6 is 11.6 Å². The lowest BCUT2D eigenvalue weighted by Crippen LogP contribution is -2.11. The fourth-order valence-corrected chi connectivity index (χ4v) is 1.49. The van der Waals surface area contributed by atoms with Gasteiger partial charge < -0.3 is 15.0 Å². The Kier molecular flexibility index (Phi) is 3.53. The number of halogens is 1. The molecule has 0 amide bonds. The van der Waals surface area contributed by atoms with Gasteiger partial charge in [-0.3, -0.25) is 0 Å². The Morgan fingerprint density at radius 1 is 1.50 bits per heavy atom. The summed E-state index contributed by atoms with van der Waals surface area (Å²) in [5, 5.41) is 3.30. The van der Waals surface area contributed by atoms with E-state index in [4.69, 9.17) is 16.3 Å². The third kappa shape index (κ3) is 2.40. The summed E-state index contributed by atoms with van der Waals surface area (Å²) in [7, 11) is 0. The molecule has 0 saturated carbocycles. The molecule has 86 valence electrons. The van der Waals surface area contributed by atoms with Gasteiger partial charge in [0, 0.05) is 13.2 Å². The van der Waals surface area contributed by atoms with Crippen molar-refractivity contribution in [2.45, 2.75) is 6.92 Å². The molecule has 2 heterocycles. The van der Waals surface area contributed by atoms with Gasteiger partial charge in [-0.1, -0.05) is 0 Å². The fraction of sp³-hybridized carbons (Fsp3) is 0.444. The molecular weight excluding hydrogens is 230 g/mol. The maximum absolute atomic E-state index is 5.77. The van der Waals surface area contributed by atoms with E-state index in [1.165, 1.54) is 0 Å². The molecule has 0 atom stereocenters. The largest absolute Gasteiger partial charge is 0.380 e. The smallest absolute Gasteiger partial charge is 0.226 e. The topological polar surface area (TPSA) is 75.7 Å². The molecule has 2 aromatic heterocycles. The third-order valence-electron chi connectivity index (χ3n) is 2.00. The van der Waals surface area contributed by atoms with Crippen LogP contribution in [0.4, 0.5) is 5.82 Å². The number of imidazole rings is 1. The first-order valence-electron chi connectivity index (χ1n) is 4.99. The monoisotopic (exact) mass is 241 g/mol. The number of anilines is 1. The lowest BCUT2D eigenvalue weighted by atomic mass is 10.5. The zero-order valence-corrected chi connectivity index (χ0v) is 9.58. The number of rotatable bonds is 5. The summed E-state index contributed by atoms with van der Waals surface area (Å²) in [6.45, 7) is 3.93. The first-order valence-corrected chi connectivity index (χ1v) is 5.37. The molecule has 2 N–H and O–H groups in total. The van der Waals surface area contributed by atoms with Crippen molar-refractivity contribution in [1.29, 1.82) is 0 Å². The van der Waals surface area contributed by atoms with Crippen molar-refractivity contribution in [2.75, 3.05) is 25.1 Å². The second-order valence-electron chi connectivity index (χ2n) is 3.07. The highest BCUT2D eigenvalue weighted by Crippen LogP contribution is 2.17. The first-order chi connectivity index (χ1) is 7.81. The van der Waals surface area contributed by atoms with Crippen LogP contribution < -0.4 is 5.32 Å². The van der Waals surface area contributed by atoms with E-state index in [2.05, 4.69) is 25.3 Å². The van der Waals surface area contributed by atoms with E-state index in [9.17, 15) is 0 Å². The van der Waals surface area contributed by atoms with Gasteiger partial charge in [0.25, 0.3) is 0 Å². The predicted molar refractivity (Wildman–Crippen MR) is 61.7 cm³/mol. The van der Waals surface area contributed by atoms with Crippen LogP contribution in [0, 0.1) is 0 Å². The molecule has 0 aliphatic rings. The van der Waals surface area contributed by atoms with Gasteiger partial charge in [0.05, 0.1) is 12.9 Å². The standard InChI is InChI=1S/C9H12ClN5O/c1-2-16-4-3-11-7-6-8(13-5-12-6)15-9(10)14-7/h5H,2-4H2,1H3,(H2,11,12,13,14,15). The lowest BCUT2D eigenvalue weighted by molar-refractivity contribution is 0.158. The van der Waals surface area contributed by atoms with E-state index in [1.807, 2.05) is 6.92 Å². The highest BCUT2D eigenvalue weighted by Gasteiger charge is 2.07. The molecule has 0 unspecified atom stereocenters. The molecule has 16 heavy (non-hydrogen) atoms. The second kappa shape index (κ2) is 5.09. The van der Waals surface area contributed by atoms with E-state index in [-0.39, 0.29) is 5.28 Å². The minimum atomic E-state index is 0.179. The molecule has 0 radical (unpaired) electrons. The number of hydrogen-bond acceptors (Lipinski definition) is 5. The average molecular weight is 242 g/mol. The number of H-pyrrole nitrogens is 1. The Bertz CT molecular complexity index is 472. The normalized spacial score (nSPS) is 10.9. The molecule has 7 heteroatoms. The molecule has 2 rings (SSSR count). The molecule has 2 aromatic rings. The fourth-order valence-electron chi connectivity index (χ4n) is 1.32. The number of aromatic amines is 1. The number of nitrogens with zero attached hydrogens (tertiary/aromatic N) is 3. The summed E-state index contributed by atoms with van der Waals surface area (Å²) in [6.07, 6.45) is 1.56. The Hall–Kier alpha value is -1.40. The summed E-state index contributed by atoms with van der Waals surface area (Å²) < 4.78 is 5.21. The van der Waals surface area contributed by atoms with Crippen molar-refractivity contribution in [2.24, 2.45) is 0 Å². The van der Waals surface area contributed by atoms with Crippen LogP contribution in [0.15, 0.2) is 6.33 Å². The highest BCUT2D eigenvalue weighted by molar-refractivity contribution is 6.28. The number of ether oxygens (including phenoxy) is 1. The Labute approximate surface area is 97.4 Å². The van der Waals surface area contributed by atoms with Crippen LogP contribution in [0.1, 0.15) is 6.92 Å². The molecule has 6 nitrogen and oxygen atoms in total. The number of nitrogens with one attached hydrogen (secondary N) is 2. The van der Waals surface area contributed by atoms with E-state index in [1.54, 1.807) is 6.33 Å². The summed E-state index contributed by atoms with van der Waals surface area (Å²) in [5.41, 5.74) is 1.31. The molecule has 0 aliphatic heterocycles. The van der Waals surface area contributed by atoms with Crippen LogP contribution in [0.2, 0.25) is 5.28 Å². The third-order valence-corrected chi connectivity index (χ3v) is 2.17. The molecule has 0 aromatic carbocycles.